The van der Waals surface area contributed by atoms with Crippen LogP contribution in [0.25, 0.3) is 16.7 Å². The second kappa shape index (κ2) is 6.52. The van der Waals surface area contributed by atoms with Crippen LogP contribution in [-0.4, -0.2) is 19.7 Å². The second-order valence-electron chi connectivity index (χ2n) is 5.52. The van der Waals surface area contributed by atoms with E-state index in [1.165, 1.54) is 6.20 Å². The smallest absolute Gasteiger partial charge is 0.263 e. The van der Waals surface area contributed by atoms with Crippen molar-refractivity contribution in [2.45, 2.75) is 6.54 Å². The van der Waals surface area contributed by atoms with E-state index in [4.69, 9.17) is 0 Å². The number of rotatable bonds is 4. The lowest BCUT2D eigenvalue weighted by molar-refractivity contribution is 0.893. The maximum Gasteiger partial charge on any atom is 0.263 e. The Labute approximate surface area is 151 Å². The Balaban J connectivity index is 1.68. The molecule has 0 atom stereocenters. The van der Waals surface area contributed by atoms with Crippen molar-refractivity contribution in [2.24, 2.45) is 0 Å². The first-order valence-electron chi connectivity index (χ1n) is 7.72. The minimum absolute atomic E-state index is 0.217. The van der Waals surface area contributed by atoms with Gasteiger partial charge in [-0.15, -0.1) is 0 Å². The number of hydrogen-bond acceptors (Lipinski definition) is 4. The topological polar surface area (TPSA) is 75.6 Å². The van der Waals surface area contributed by atoms with E-state index in [0.29, 0.717) is 23.5 Å². The molecule has 0 aliphatic carbocycles. The molecular weight excluding hydrogens is 382 g/mol. The second-order valence-corrected chi connectivity index (χ2v) is 6.44. The molecule has 2 aromatic heterocycles. The lowest BCUT2D eigenvalue weighted by atomic mass is 10.2. The quantitative estimate of drug-likeness (QED) is 0.554. The van der Waals surface area contributed by atoms with Crippen molar-refractivity contribution in [1.29, 1.82) is 0 Å². The summed E-state index contributed by atoms with van der Waals surface area (Å²) in [5.74, 6) is 0.415. The first kappa shape index (κ1) is 15.6. The van der Waals surface area contributed by atoms with Crippen LogP contribution in [0.4, 0.5) is 5.95 Å². The van der Waals surface area contributed by atoms with Crippen LogP contribution in [0.15, 0.2) is 70.1 Å². The third-order valence-corrected chi connectivity index (χ3v) is 4.34. The molecular formula is C18H14BrN5O. The van der Waals surface area contributed by atoms with E-state index in [-0.39, 0.29) is 5.56 Å². The standard InChI is InChI=1S/C18H14BrN5O/c19-13-8-6-12(7-9-13)10-20-18-22-16-15(17(25)23-18)11-21-24(16)14-4-2-1-3-5-14/h1-9,11H,10H2,(H2,20,22,23,25). The van der Waals surface area contributed by atoms with Gasteiger partial charge in [-0.3, -0.25) is 9.78 Å². The minimum atomic E-state index is -0.217. The van der Waals surface area contributed by atoms with Crippen molar-refractivity contribution in [3.63, 3.8) is 0 Å². The van der Waals surface area contributed by atoms with Crippen LogP contribution in [0.1, 0.15) is 5.56 Å². The summed E-state index contributed by atoms with van der Waals surface area (Å²) in [6.07, 6.45) is 1.53. The van der Waals surface area contributed by atoms with E-state index >= 15 is 0 Å². The van der Waals surface area contributed by atoms with Crippen LogP contribution in [0.5, 0.6) is 0 Å². The molecule has 7 heteroatoms. The fraction of sp³-hybridized carbons (Fsp3) is 0.0556. The summed E-state index contributed by atoms with van der Waals surface area (Å²) in [4.78, 5) is 19.6. The Hall–Kier alpha value is -2.93. The molecule has 0 bridgehead atoms. The summed E-state index contributed by atoms with van der Waals surface area (Å²) < 4.78 is 2.69. The number of benzene rings is 2. The summed E-state index contributed by atoms with van der Waals surface area (Å²) in [7, 11) is 0. The summed E-state index contributed by atoms with van der Waals surface area (Å²) in [5.41, 5.74) is 2.25. The van der Waals surface area contributed by atoms with Crippen molar-refractivity contribution in [2.75, 3.05) is 5.32 Å². The SMILES string of the molecule is O=c1[nH]c(NCc2ccc(Br)cc2)nc2c1cnn2-c1ccccc1. The van der Waals surface area contributed by atoms with E-state index in [1.54, 1.807) is 4.68 Å². The lowest BCUT2D eigenvalue weighted by Gasteiger charge is -2.07. The van der Waals surface area contributed by atoms with Gasteiger partial charge >= 0.3 is 0 Å². The molecule has 0 saturated heterocycles. The Morgan fingerprint density at radius 1 is 1.08 bits per heavy atom. The average Bonchev–Trinajstić information content (AvgIpc) is 3.06. The molecule has 4 rings (SSSR count). The zero-order valence-electron chi connectivity index (χ0n) is 13.1. The zero-order chi connectivity index (χ0) is 17.2. The van der Waals surface area contributed by atoms with Crippen LogP contribution in [0.2, 0.25) is 0 Å². The van der Waals surface area contributed by atoms with Gasteiger partial charge in [-0.1, -0.05) is 46.3 Å². The molecule has 0 fully saturated rings. The van der Waals surface area contributed by atoms with E-state index in [0.717, 1.165) is 15.7 Å². The number of fused-ring (bicyclic) bond motifs is 1. The molecule has 2 aromatic carbocycles. The Morgan fingerprint density at radius 2 is 1.84 bits per heavy atom. The molecule has 2 heterocycles. The number of nitrogens with one attached hydrogen (secondary N) is 2. The molecule has 0 unspecified atom stereocenters. The molecule has 25 heavy (non-hydrogen) atoms. The minimum Gasteiger partial charge on any atom is -0.352 e. The number of hydrogen-bond donors (Lipinski definition) is 2. The van der Waals surface area contributed by atoms with Gasteiger partial charge in [0.15, 0.2) is 5.65 Å². The van der Waals surface area contributed by atoms with Crippen molar-refractivity contribution < 1.29 is 0 Å². The van der Waals surface area contributed by atoms with Gasteiger partial charge in [-0.25, -0.2) is 4.68 Å². The average molecular weight is 396 g/mol. The van der Waals surface area contributed by atoms with Gasteiger partial charge in [0.05, 0.1) is 11.9 Å². The van der Waals surface area contributed by atoms with E-state index < -0.39 is 0 Å². The van der Waals surface area contributed by atoms with E-state index in [1.807, 2.05) is 54.6 Å². The molecule has 2 N–H and O–H groups in total. The fourth-order valence-electron chi connectivity index (χ4n) is 2.55. The molecule has 0 amide bonds. The highest BCUT2D eigenvalue weighted by atomic mass is 79.9. The third kappa shape index (κ3) is 3.18. The monoisotopic (exact) mass is 395 g/mol. The predicted octanol–water partition coefficient (Wildman–Crippen LogP) is 3.48. The van der Waals surface area contributed by atoms with Gasteiger partial charge < -0.3 is 5.32 Å². The van der Waals surface area contributed by atoms with Crippen molar-refractivity contribution >= 4 is 32.9 Å². The Kier molecular flexibility index (Phi) is 4.07. The third-order valence-electron chi connectivity index (χ3n) is 3.81. The molecule has 0 radical (unpaired) electrons. The summed E-state index contributed by atoms with van der Waals surface area (Å²) in [6.45, 7) is 0.557. The first-order valence-corrected chi connectivity index (χ1v) is 8.52. The molecule has 0 spiro atoms. The van der Waals surface area contributed by atoms with Crippen LogP contribution in [-0.2, 0) is 6.54 Å². The van der Waals surface area contributed by atoms with Gasteiger partial charge in [0, 0.05) is 11.0 Å². The summed E-state index contributed by atoms with van der Waals surface area (Å²) >= 11 is 3.41. The predicted molar refractivity (Wildman–Crippen MR) is 101 cm³/mol. The molecule has 124 valence electrons. The number of aromatic nitrogens is 4. The molecule has 0 aliphatic rings. The van der Waals surface area contributed by atoms with Crippen LogP contribution < -0.4 is 10.9 Å². The number of halogens is 1. The molecule has 0 aliphatic heterocycles. The molecule has 4 aromatic rings. The maximum atomic E-state index is 12.3. The zero-order valence-corrected chi connectivity index (χ0v) is 14.7. The lowest BCUT2D eigenvalue weighted by Crippen LogP contribution is -2.13. The van der Waals surface area contributed by atoms with Crippen molar-refractivity contribution in [3.8, 4) is 5.69 Å². The molecule has 0 saturated carbocycles. The largest absolute Gasteiger partial charge is 0.352 e. The highest BCUT2D eigenvalue weighted by Crippen LogP contribution is 2.15. The van der Waals surface area contributed by atoms with Gasteiger partial charge in [0.25, 0.3) is 5.56 Å². The fourth-order valence-corrected chi connectivity index (χ4v) is 2.81. The van der Waals surface area contributed by atoms with Gasteiger partial charge in [-0.2, -0.15) is 10.1 Å². The van der Waals surface area contributed by atoms with Gasteiger partial charge in [0.2, 0.25) is 5.95 Å². The number of para-hydroxylation sites is 1. The van der Waals surface area contributed by atoms with Crippen molar-refractivity contribution in [3.05, 3.63) is 81.2 Å². The number of aromatic amines is 1. The summed E-state index contributed by atoms with van der Waals surface area (Å²) in [6, 6.07) is 17.6. The Bertz CT molecular complexity index is 1070. The number of H-pyrrole nitrogens is 1. The first-order chi connectivity index (χ1) is 12.2. The highest BCUT2D eigenvalue weighted by Gasteiger charge is 2.11. The Morgan fingerprint density at radius 3 is 2.60 bits per heavy atom. The van der Waals surface area contributed by atoms with Gasteiger partial charge in [0.1, 0.15) is 5.39 Å². The number of nitrogens with zero attached hydrogens (tertiary/aromatic N) is 3. The van der Waals surface area contributed by atoms with Crippen LogP contribution in [0.3, 0.4) is 0 Å². The van der Waals surface area contributed by atoms with Crippen LogP contribution in [0, 0.1) is 0 Å². The van der Waals surface area contributed by atoms with E-state index in [2.05, 4.69) is 36.3 Å². The van der Waals surface area contributed by atoms with Crippen LogP contribution >= 0.6 is 15.9 Å². The normalized spacial score (nSPS) is 10.9. The number of anilines is 1. The highest BCUT2D eigenvalue weighted by molar-refractivity contribution is 9.10. The van der Waals surface area contributed by atoms with Crippen molar-refractivity contribution in [1.82, 2.24) is 19.7 Å². The molecule has 6 nitrogen and oxygen atoms in total. The summed E-state index contributed by atoms with van der Waals surface area (Å²) in [5, 5.41) is 7.91. The maximum absolute atomic E-state index is 12.3. The van der Waals surface area contributed by atoms with E-state index in [9.17, 15) is 4.79 Å². The van der Waals surface area contributed by atoms with Gasteiger partial charge in [-0.05, 0) is 29.8 Å².